The van der Waals surface area contributed by atoms with Gasteiger partial charge >= 0.3 is 0 Å². The number of benzene rings is 2. The fourth-order valence-electron chi connectivity index (χ4n) is 2.56. The van der Waals surface area contributed by atoms with E-state index in [-0.39, 0.29) is 5.78 Å². The molecular weight excluding hydrogens is 252 g/mol. The van der Waals surface area contributed by atoms with Crippen LogP contribution in [0.1, 0.15) is 26.4 Å². The molecule has 4 rings (SSSR count). The van der Waals surface area contributed by atoms with Gasteiger partial charge in [0.1, 0.15) is 11.4 Å². The molecule has 0 radical (unpaired) electrons. The number of para-hydroxylation sites is 1. The minimum atomic E-state index is -0.110. The molecule has 0 bridgehead atoms. The summed E-state index contributed by atoms with van der Waals surface area (Å²) in [5.74, 6) is -0.110. The van der Waals surface area contributed by atoms with E-state index in [1.165, 1.54) is 0 Å². The molecule has 94 valence electrons. The van der Waals surface area contributed by atoms with Gasteiger partial charge in [-0.3, -0.25) is 9.59 Å². The van der Waals surface area contributed by atoms with Crippen LogP contribution in [0.3, 0.4) is 0 Å². The first-order valence-corrected chi connectivity index (χ1v) is 6.19. The number of aromatic nitrogens is 2. The molecule has 4 nitrogen and oxygen atoms in total. The molecule has 0 fully saturated rings. The highest BCUT2D eigenvalue weighted by atomic mass is 16.1. The van der Waals surface area contributed by atoms with Gasteiger partial charge in [-0.05, 0) is 12.1 Å². The molecule has 0 amide bonds. The van der Waals surface area contributed by atoms with E-state index >= 15 is 0 Å². The zero-order valence-corrected chi connectivity index (χ0v) is 10.3. The summed E-state index contributed by atoms with van der Waals surface area (Å²) in [5, 5.41) is 0. The van der Waals surface area contributed by atoms with Gasteiger partial charge in [-0.2, -0.15) is 0 Å². The Bertz CT molecular complexity index is 900. The van der Waals surface area contributed by atoms with Gasteiger partial charge in [-0.15, -0.1) is 0 Å². The van der Waals surface area contributed by atoms with Gasteiger partial charge in [0.05, 0.1) is 11.0 Å². The van der Waals surface area contributed by atoms with Gasteiger partial charge in [0.15, 0.2) is 6.29 Å². The normalized spacial score (nSPS) is 12.3. The Morgan fingerprint density at radius 3 is 2.45 bits per heavy atom. The quantitative estimate of drug-likeness (QED) is 0.494. The van der Waals surface area contributed by atoms with Gasteiger partial charge in [-0.1, -0.05) is 30.3 Å². The van der Waals surface area contributed by atoms with Gasteiger partial charge in [0.25, 0.3) is 0 Å². The number of nitrogens with zero attached hydrogens (tertiary/aromatic N) is 2. The van der Waals surface area contributed by atoms with Crippen LogP contribution in [0.4, 0.5) is 0 Å². The summed E-state index contributed by atoms with van der Waals surface area (Å²) in [6.45, 7) is 0. The fraction of sp³-hybridized carbons (Fsp3) is 0. The van der Waals surface area contributed by atoms with E-state index in [1.807, 2.05) is 18.2 Å². The van der Waals surface area contributed by atoms with Crippen LogP contribution in [0.5, 0.6) is 0 Å². The number of carbonyl (C=O) groups excluding carboxylic acids is 2. The van der Waals surface area contributed by atoms with Crippen LogP contribution in [-0.4, -0.2) is 22.0 Å². The Kier molecular flexibility index (Phi) is 2.09. The molecule has 0 atom stereocenters. The Morgan fingerprint density at radius 1 is 0.850 bits per heavy atom. The topological polar surface area (TPSA) is 59.9 Å². The number of rotatable bonds is 1. The maximum atomic E-state index is 12.3. The number of fused-ring (bicyclic) bond motifs is 4. The minimum Gasteiger partial charge on any atom is -0.298 e. The third-order valence-electron chi connectivity index (χ3n) is 3.49. The van der Waals surface area contributed by atoms with E-state index in [1.54, 1.807) is 24.3 Å². The van der Waals surface area contributed by atoms with Gasteiger partial charge in [0, 0.05) is 16.7 Å². The maximum absolute atomic E-state index is 12.3. The number of hydrogen-bond donors (Lipinski definition) is 0. The summed E-state index contributed by atoms with van der Waals surface area (Å²) in [4.78, 5) is 32.3. The smallest absolute Gasteiger partial charge is 0.214 e. The van der Waals surface area contributed by atoms with Crippen molar-refractivity contribution in [1.82, 2.24) is 9.97 Å². The van der Waals surface area contributed by atoms with Crippen LogP contribution < -0.4 is 0 Å². The summed E-state index contributed by atoms with van der Waals surface area (Å²) in [7, 11) is 0. The Labute approximate surface area is 114 Å². The van der Waals surface area contributed by atoms with E-state index in [2.05, 4.69) is 9.97 Å². The monoisotopic (exact) mass is 260 g/mol. The van der Waals surface area contributed by atoms with Crippen LogP contribution in [0, 0.1) is 0 Å². The fourth-order valence-corrected chi connectivity index (χ4v) is 2.56. The van der Waals surface area contributed by atoms with Crippen LogP contribution in [0.25, 0.3) is 22.3 Å². The minimum absolute atomic E-state index is 0.110. The number of aldehydes is 1. The number of ketones is 1. The van der Waals surface area contributed by atoms with Crippen molar-refractivity contribution in [2.75, 3.05) is 0 Å². The molecule has 0 unspecified atom stereocenters. The zero-order chi connectivity index (χ0) is 13.7. The lowest BCUT2D eigenvalue weighted by atomic mass is 10.1. The van der Waals surface area contributed by atoms with Crippen LogP contribution >= 0.6 is 0 Å². The maximum Gasteiger partial charge on any atom is 0.214 e. The van der Waals surface area contributed by atoms with Gasteiger partial charge in [0.2, 0.25) is 5.78 Å². The first-order valence-electron chi connectivity index (χ1n) is 6.19. The summed E-state index contributed by atoms with van der Waals surface area (Å²) in [6, 6.07) is 12.5. The highest BCUT2D eigenvalue weighted by molar-refractivity contribution is 6.20. The van der Waals surface area contributed by atoms with Gasteiger partial charge < -0.3 is 0 Å². The summed E-state index contributed by atoms with van der Waals surface area (Å²) in [6.07, 6.45) is 0.756. The molecule has 1 heterocycles. The van der Waals surface area contributed by atoms with Crippen LogP contribution in [0.2, 0.25) is 0 Å². The highest BCUT2D eigenvalue weighted by Gasteiger charge is 2.29. The zero-order valence-electron chi connectivity index (χ0n) is 10.3. The Balaban J connectivity index is 2.14. The number of hydrogen-bond acceptors (Lipinski definition) is 4. The summed E-state index contributed by atoms with van der Waals surface area (Å²) < 4.78 is 0. The average molecular weight is 260 g/mol. The van der Waals surface area contributed by atoms with Crippen molar-refractivity contribution in [2.24, 2.45) is 0 Å². The standard InChI is InChI=1S/C16H8N2O2/c19-8-9-4-3-7-12-13(9)18-14-10-5-1-2-6-11(10)16(20)15(14)17-12/h1-8H. The molecule has 0 spiro atoms. The number of carbonyl (C=O) groups is 2. The second-order valence-electron chi connectivity index (χ2n) is 4.63. The molecule has 1 aliphatic rings. The van der Waals surface area contributed by atoms with E-state index in [0.717, 1.165) is 11.8 Å². The van der Waals surface area contributed by atoms with Crippen molar-refractivity contribution < 1.29 is 9.59 Å². The Hall–Kier alpha value is -2.88. The van der Waals surface area contributed by atoms with Crippen molar-refractivity contribution in [2.45, 2.75) is 0 Å². The Morgan fingerprint density at radius 2 is 1.65 bits per heavy atom. The van der Waals surface area contributed by atoms with Crippen LogP contribution in [-0.2, 0) is 0 Å². The molecule has 0 saturated carbocycles. The second-order valence-corrected chi connectivity index (χ2v) is 4.63. The third-order valence-corrected chi connectivity index (χ3v) is 3.49. The molecule has 20 heavy (non-hydrogen) atoms. The molecule has 3 aromatic rings. The average Bonchev–Trinajstić information content (AvgIpc) is 2.78. The van der Waals surface area contributed by atoms with E-state index < -0.39 is 0 Å². The largest absolute Gasteiger partial charge is 0.298 e. The molecule has 1 aromatic heterocycles. The first kappa shape index (κ1) is 11.0. The van der Waals surface area contributed by atoms with Crippen LogP contribution in [0.15, 0.2) is 42.5 Å². The summed E-state index contributed by atoms with van der Waals surface area (Å²) in [5.41, 5.74) is 3.90. The molecule has 0 N–H and O–H groups in total. The molecule has 0 saturated heterocycles. The SMILES string of the molecule is O=Cc1cccc2nc3c(nc12)-c1ccccc1C3=O. The molecule has 2 aromatic carbocycles. The molecule has 0 aliphatic heterocycles. The van der Waals surface area contributed by atoms with Crippen molar-refractivity contribution >= 4 is 23.1 Å². The lowest BCUT2D eigenvalue weighted by molar-refractivity contribution is 0.103. The second kappa shape index (κ2) is 3.81. The van der Waals surface area contributed by atoms with Crippen molar-refractivity contribution in [3.8, 4) is 11.3 Å². The lowest BCUT2D eigenvalue weighted by Crippen LogP contribution is -2.01. The van der Waals surface area contributed by atoms with E-state index in [9.17, 15) is 9.59 Å². The van der Waals surface area contributed by atoms with Gasteiger partial charge in [-0.25, -0.2) is 9.97 Å². The highest BCUT2D eigenvalue weighted by Crippen LogP contribution is 2.35. The molecule has 4 heteroatoms. The predicted octanol–water partition coefficient (Wildman–Crippen LogP) is 2.65. The van der Waals surface area contributed by atoms with Crippen molar-refractivity contribution in [3.05, 3.63) is 59.3 Å². The molecular formula is C16H8N2O2. The van der Waals surface area contributed by atoms with E-state index in [0.29, 0.717) is 33.5 Å². The van der Waals surface area contributed by atoms with Crippen molar-refractivity contribution in [3.63, 3.8) is 0 Å². The predicted molar refractivity (Wildman–Crippen MR) is 73.8 cm³/mol. The van der Waals surface area contributed by atoms with E-state index in [4.69, 9.17) is 0 Å². The lowest BCUT2D eigenvalue weighted by Gasteiger charge is -2.03. The van der Waals surface area contributed by atoms with Crippen molar-refractivity contribution in [1.29, 1.82) is 0 Å². The molecule has 1 aliphatic carbocycles. The third kappa shape index (κ3) is 1.30. The summed E-state index contributed by atoms with van der Waals surface area (Å²) >= 11 is 0. The first-order chi connectivity index (χ1) is 9.79.